The number of hydrazine groups is 1. The quantitative estimate of drug-likeness (QED) is 0.633. The fourth-order valence-corrected chi connectivity index (χ4v) is 3.15. The average molecular weight is 263 g/mol. The third kappa shape index (κ3) is 3.45. The van der Waals surface area contributed by atoms with Crippen LogP contribution in [0, 0.1) is 11.8 Å². The molecule has 0 bridgehead atoms. The third-order valence-corrected chi connectivity index (χ3v) is 4.45. The van der Waals surface area contributed by atoms with E-state index in [2.05, 4.69) is 17.3 Å². The Labute approximate surface area is 115 Å². The van der Waals surface area contributed by atoms with Gasteiger partial charge in [-0.2, -0.15) is 0 Å². The summed E-state index contributed by atoms with van der Waals surface area (Å²) in [4.78, 5) is 4.23. The SMILES string of the molecule is CCC1CCC(C(NN)c2cncc(OC)c2)CC1. The molecule has 4 heteroatoms. The number of hydrogen-bond donors (Lipinski definition) is 2. The maximum atomic E-state index is 5.78. The molecule has 1 aromatic rings. The Kier molecular flexibility index (Phi) is 5.16. The van der Waals surface area contributed by atoms with Crippen molar-refractivity contribution in [3.8, 4) is 5.75 Å². The zero-order chi connectivity index (χ0) is 13.7. The van der Waals surface area contributed by atoms with Crippen molar-refractivity contribution in [2.45, 2.75) is 45.1 Å². The third-order valence-electron chi connectivity index (χ3n) is 4.45. The molecule has 1 saturated carbocycles. The van der Waals surface area contributed by atoms with Gasteiger partial charge in [-0.1, -0.05) is 26.2 Å². The molecule has 1 aliphatic carbocycles. The highest BCUT2D eigenvalue weighted by Crippen LogP contribution is 2.37. The van der Waals surface area contributed by atoms with Gasteiger partial charge in [-0.05, 0) is 36.3 Å². The van der Waals surface area contributed by atoms with Crippen LogP contribution in [0.1, 0.15) is 50.6 Å². The zero-order valence-corrected chi connectivity index (χ0v) is 11.9. The molecule has 3 N–H and O–H groups in total. The molecule has 1 aromatic heterocycles. The molecule has 0 saturated heterocycles. The minimum Gasteiger partial charge on any atom is -0.495 e. The lowest BCUT2D eigenvalue weighted by molar-refractivity contribution is 0.219. The van der Waals surface area contributed by atoms with Crippen molar-refractivity contribution in [2.24, 2.45) is 17.7 Å². The Bertz CT molecular complexity index is 389. The predicted molar refractivity (Wildman–Crippen MR) is 76.6 cm³/mol. The summed E-state index contributed by atoms with van der Waals surface area (Å²) in [6, 6.07) is 2.21. The summed E-state index contributed by atoms with van der Waals surface area (Å²) in [6.07, 6.45) is 10.0. The van der Waals surface area contributed by atoms with Crippen LogP contribution in [0.2, 0.25) is 0 Å². The van der Waals surface area contributed by atoms with Crippen LogP contribution in [0.15, 0.2) is 18.5 Å². The van der Waals surface area contributed by atoms with Crippen LogP contribution in [0.4, 0.5) is 0 Å². The van der Waals surface area contributed by atoms with E-state index in [0.29, 0.717) is 5.92 Å². The van der Waals surface area contributed by atoms with E-state index in [4.69, 9.17) is 10.6 Å². The van der Waals surface area contributed by atoms with Gasteiger partial charge in [-0.3, -0.25) is 16.3 Å². The Morgan fingerprint density at radius 3 is 2.68 bits per heavy atom. The minimum atomic E-state index is 0.181. The molecule has 1 fully saturated rings. The van der Waals surface area contributed by atoms with E-state index in [0.717, 1.165) is 17.2 Å². The van der Waals surface area contributed by atoms with Crippen LogP contribution in [-0.4, -0.2) is 12.1 Å². The number of rotatable bonds is 5. The first-order valence-corrected chi connectivity index (χ1v) is 7.23. The maximum Gasteiger partial charge on any atom is 0.137 e. The molecule has 1 unspecified atom stereocenters. The smallest absolute Gasteiger partial charge is 0.137 e. The largest absolute Gasteiger partial charge is 0.495 e. The fraction of sp³-hybridized carbons (Fsp3) is 0.667. The highest BCUT2D eigenvalue weighted by atomic mass is 16.5. The van der Waals surface area contributed by atoms with E-state index >= 15 is 0 Å². The highest BCUT2D eigenvalue weighted by molar-refractivity contribution is 5.26. The second-order valence-corrected chi connectivity index (χ2v) is 5.49. The van der Waals surface area contributed by atoms with Gasteiger partial charge in [0.15, 0.2) is 0 Å². The Balaban J connectivity index is 2.07. The molecule has 0 amide bonds. The van der Waals surface area contributed by atoms with Crippen molar-refractivity contribution >= 4 is 0 Å². The summed E-state index contributed by atoms with van der Waals surface area (Å²) in [5.41, 5.74) is 4.10. The van der Waals surface area contributed by atoms with Gasteiger partial charge in [0.1, 0.15) is 5.75 Å². The van der Waals surface area contributed by atoms with Crippen LogP contribution >= 0.6 is 0 Å². The lowest BCUT2D eigenvalue weighted by atomic mass is 9.76. The molecular weight excluding hydrogens is 238 g/mol. The molecule has 0 aliphatic heterocycles. The van der Waals surface area contributed by atoms with Crippen LogP contribution in [-0.2, 0) is 0 Å². The number of aromatic nitrogens is 1. The molecule has 2 rings (SSSR count). The van der Waals surface area contributed by atoms with E-state index in [1.54, 1.807) is 13.3 Å². The Morgan fingerprint density at radius 1 is 1.37 bits per heavy atom. The summed E-state index contributed by atoms with van der Waals surface area (Å²) in [5.74, 6) is 8.07. The molecule has 19 heavy (non-hydrogen) atoms. The predicted octanol–water partition coefficient (Wildman–Crippen LogP) is 2.81. The van der Waals surface area contributed by atoms with Crippen LogP contribution in [0.25, 0.3) is 0 Å². The second kappa shape index (κ2) is 6.87. The van der Waals surface area contributed by atoms with Crippen molar-refractivity contribution in [3.05, 3.63) is 24.0 Å². The van der Waals surface area contributed by atoms with Gasteiger partial charge in [-0.25, -0.2) is 0 Å². The first-order chi connectivity index (χ1) is 9.28. The number of nitrogens with one attached hydrogen (secondary N) is 1. The highest BCUT2D eigenvalue weighted by Gasteiger charge is 2.27. The number of methoxy groups -OCH3 is 1. The summed E-state index contributed by atoms with van der Waals surface area (Å²) < 4.78 is 5.24. The number of nitrogens with zero attached hydrogens (tertiary/aromatic N) is 1. The van der Waals surface area contributed by atoms with Crippen molar-refractivity contribution in [2.75, 3.05) is 7.11 Å². The summed E-state index contributed by atoms with van der Waals surface area (Å²) in [6.45, 7) is 2.29. The lowest BCUT2D eigenvalue weighted by Crippen LogP contribution is -2.35. The van der Waals surface area contributed by atoms with Crippen molar-refractivity contribution in [1.82, 2.24) is 10.4 Å². The first-order valence-electron chi connectivity index (χ1n) is 7.23. The van der Waals surface area contributed by atoms with E-state index in [1.807, 2.05) is 12.3 Å². The second-order valence-electron chi connectivity index (χ2n) is 5.49. The van der Waals surface area contributed by atoms with Gasteiger partial charge in [0, 0.05) is 6.20 Å². The molecule has 1 aliphatic rings. The lowest BCUT2D eigenvalue weighted by Gasteiger charge is -2.33. The molecule has 0 radical (unpaired) electrons. The topological polar surface area (TPSA) is 60.2 Å². The van der Waals surface area contributed by atoms with Gasteiger partial charge in [0.05, 0.1) is 19.3 Å². The van der Waals surface area contributed by atoms with Crippen molar-refractivity contribution < 1.29 is 4.74 Å². The van der Waals surface area contributed by atoms with Gasteiger partial charge >= 0.3 is 0 Å². The van der Waals surface area contributed by atoms with Crippen molar-refractivity contribution in [1.29, 1.82) is 0 Å². The van der Waals surface area contributed by atoms with E-state index < -0.39 is 0 Å². The average Bonchev–Trinajstić information content (AvgIpc) is 2.49. The van der Waals surface area contributed by atoms with Crippen molar-refractivity contribution in [3.63, 3.8) is 0 Å². The minimum absolute atomic E-state index is 0.181. The maximum absolute atomic E-state index is 5.78. The fourth-order valence-electron chi connectivity index (χ4n) is 3.15. The normalized spacial score (nSPS) is 25.0. The first kappa shape index (κ1) is 14.3. The van der Waals surface area contributed by atoms with Crippen LogP contribution < -0.4 is 16.0 Å². The number of pyridine rings is 1. The van der Waals surface area contributed by atoms with E-state index in [9.17, 15) is 0 Å². The van der Waals surface area contributed by atoms with E-state index in [1.165, 1.54) is 32.1 Å². The molecular formula is C15H25N3O. The zero-order valence-electron chi connectivity index (χ0n) is 11.9. The number of nitrogens with two attached hydrogens (primary N) is 1. The van der Waals surface area contributed by atoms with Gasteiger partial charge in [0.2, 0.25) is 0 Å². The number of hydrogen-bond acceptors (Lipinski definition) is 4. The molecule has 106 valence electrons. The monoisotopic (exact) mass is 263 g/mol. The standard InChI is InChI=1S/C15H25N3O/c1-3-11-4-6-12(7-5-11)15(18-16)13-8-14(19-2)10-17-9-13/h8-12,15,18H,3-7,16H2,1-2H3. The molecule has 4 nitrogen and oxygen atoms in total. The Morgan fingerprint density at radius 2 is 2.11 bits per heavy atom. The van der Waals surface area contributed by atoms with Crippen LogP contribution in [0.5, 0.6) is 5.75 Å². The Hall–Kier alpha value is -1.13. The molecule has 1 heterocycles. The summed E-state index contributed by atoms with van der Waals surface area (Å²) >= 11 is 0. The molecule has 1 atom stereocenters. The molecule has 0 spiro atoms. The summed E-state index contributed by atoms with van der Waals surface area (Å²) in [7, 11) is 1.66. The van der Waals surface area contributed by atoms with E-state index in [-0.39, 0.29) is 6.04 Å². The van der Waals surface area contributed by atoms with Gasteiger partial charge in [0.25, 0.3) is 0 Å². The van der Waals surface area contributed by atoms with Gasteiger partial charge < -0.3 is 4.74 Å². The van der Waals surface area contributed by atoms with Gasteiger partial charge in [-0.15, -0.1) is 0 Å². The van der Waals surface area contributed by atoms with Crippen LogP contribution in [0.3, 0.4) is 0 Å². The number of ether oxygens (including phenoxy) is 1. The summed E-state index contributed by atoms with van der Waals surface area (Å²) in [5, 5.41) is 0. The molecule has 0 aromatic carbocycles.